The van der Waals surface area contributed by atoms with Crippen molar-refractivity contribution >= 4 is 0 Å². The summed E-state index contributed by atoms with van der Waals surface area (Å²) in [5, 5.41) is 0. The average Bonchev–Trinajstić information content (AvgIpc) is 2.37. The molecule has 0 fully saturated rings. The number of ether oxygens (including phenoxy) is 1. The van der Waals surface area contributed by atoms with Crippen LogP contribution in [0.4, 0.5) is 8.78 Å². The van der Waals surface area contributed by atoms with Crippen molar-refractivity contribution in [2.45, 2.75) is 19.9 Å². The molecular formula is C16H17F2NO. The molecule has 106 valence electrons. The van der Waals surface area contributed by atoms with Crippen LogP contribution in [-0.2, 0) is 0 Å². The molecule has 0 aliphatic carbocycles. The van der Waals surface area contributed by atoms with Crippen LogP contribution >= 0.6 is 0 Å². The minimum atomic E-state index is -0.640. The molecule has 0 saturated carbocycles. The van der Waals surface area contributed by atoms with E-state index in [4.69, 9.17) is 10.5 Å². The minimum absolute atomic E-state index is 0.273. The maximum absolute atomic E-state index is 13.8. The number of rotatable bonds is 3. The van der Waals surface area contributed by atoms with E-state index in [0.29, 0.717) is 0 Å². The van der Waals surface area contributed by atoms with Crippen LogP contribution in [0.3, 0.4) is 0 Å². The second kappa shape index (κ2) is 5.59. The molecule has 0 saturated heterocycles. The average molecular weight is 277 g/mol. The Balaban J connectivity index is 2.45. The molecule has 0 radical (unpaired) electrons. The molecule has 1 unspecified atom stereocenters. The van der Waals surface area contributed by atoms with Crippen molar-refractivity contribution in [1.82, 2.24) is 0 Å². The summed E-state index contributed by atoms with van der Waals surface area (Å²) in [7, 11) is 1.61. The van der Waals surface area contributed by atoms with Crippen molar-refractivity contribution in [2.75, 3.05) is 7.11 Å². The van der Waals surface area contributed by atoms with Crippen LogP contribution in [0.5, 0.6) is 5.75 Å². The molecule has 2 aromatic carbocycles. The van der Waals surface area contributed by atoms with E-state index in [9.17, 15) is 8.78 Å². The summed E-state index contributed by atoms with van der Waals surface area (Å²) in [6, 6.07) is 6.52. The van der Waals surface area contributed by atoms with Gasteiger partial charge in [-0.3, -0.25) is 0 Å². The molecule has 0 aromatic heterocycles. The first-order valence-electron chi connectivity index (χ1n) is 6.29. The van der Waals surface area contributed by atoms with E-state index in [1.54, 1.807) is 7.11 Å². The Morgan fingerprint density at radius 3 is 2.15 bits per heavy atom. The fourth-order valence-electron chi connectivity index (χ4n) is 2.42. The lowest BCUT2D eigenvalue weighted by molar-refractivity contribution is 0.408. The Morgan fingerprint density at radius 1 is 1.05 bits per heavy atom. The molecule has 1 atom stereocenters. The smallest absolute Gasteiger partial charge is 0.131 e. The van der Waals surface area contributed by atoms with Gasteiger partial charge in [-0.1, -0.05) is 18.2 Å². The quantitative estimate of drug-likeness (QED) is 0.929. The van der Waals surface area contributed by atoms with Crippen molar-refractivity contribution in [3.05, 3.63) is 64.2 Å². The Labute approximate surface area is 117 Å². The Hall–Kier alpha value is -1.94. The van der Waals surface area contributed by atoms with Gasteiger partial charge in [0.2, 0.25) is 0 Å². The van der Waals surface area contributed by atoms with Gasteiger partial charge in [0.05, 0.1) is 13.2 Å². The van der Waals surface area contributed by atoms with Crippen molar-refractivity contribution in [3.63, 3.8) is 0 Å². The Bertz CT molecular complexity index is 617. The third-order valence-electron chi connectivity index (χ3n) is 3.34. The van der Waals surface area contributed by atoms with Gasteiger partial charge in [-0.05, 0) is 36.6 Å². The predicted octanol–water partition coefficient (Wildman–Crippen LogP) is 3.64. The van der Waals surface area contributed by atoms with E-state index in [0.717, 1.165) is 28.5 Å². The lowest BCUT2D eigenvalue weighted by atomic mass is 9.95. The molecule has 2 nitrogen and oxygen atoms in total. The summed E-state index contributed by atoms with van der Waals surface area (Å²) in [5.41, 5.74) is 9.00. The first-order valence-corrected chi connectivity index (χ1v) is 6.29. The number of benzene rings is 2. The van der Waals surface area contributed by atoms with Gasteiger partial charge in [-0.25, -0.2) is 8.78 Å². The first-order chi connectivity index (χ1) is 9.43. The SMILES string of the molecule is COc1c(C)cc(C(N)c2ccc(F)cc2F)cc1C. The normalized spacial score (nSPS) is 12.3. The first kappa shape index (κ1) is 14.5. The standard InChI is InChI=1S/C16H17F2NO/c1-9-6-11(7-10(2)16(9)20-3)15(19)13-5-4-12(17)8-14(13)18/h4-8,15H,19H2,1-3H3. The second-order valence-electron chi connectivity index (χ2n) is 4.83. The highest BCUT2D eigenvalue weighted by atomic mass is 19.1. The molecule has 0 heterocycles. The summed E-state index contributed by atoms with van der Waals surface area (Å²) in [5.74, 6) is -0.454. The molecule has 2 rings (SSSR count). The van der Waals surface area contributed by atoms with Gasteiger partial charge >= 0.3 is 0 Å². The molecule has 4 heteroatoms. The predicted molar refractivity (Wildman–Crippen MR) is 74.9 cm³/mol. The zero-order chi connectivity index (χ0) is 14.9. The monoisotopic (exact) mass is 277 g/mol. The summed E-state index contributed by atoms with van der Waals surface area (Å²) in [6.45, 7) is 3.81. The van der Waals surface area contributed by atoms with E-state index in [-0.39, 0.29) is 5.56 Å². The highest BCUT2D eigenvalue weighted by Crippen LogP contribution is 2.30. The number of methoxy groups -OCH3 is 1. The topological polar surface area (TPSA) is 35.2 Å². The largest absolute Gasteiger partial charge is 0.496 e. The third-order valence-corrected chi connectivity index (χ3v) is 3.34. The van der Waals surface area contributed by atoms with Crippen LogP contribution in [0.15, 0.2) is 30.3 Å². The zero-order valence-electron chi connectivity index (χ0n) is 11.7. The third kappa shape index (κ3) is 2.65. The summed E-state index contributed by atoms with van der Waals surface area (Å²) >= 11 is 0. The highest BCUT2D eigenvalue weighted by Gasteiger charge is 2.16. The zero-order valence-corrected chi connectivity index (χ0v) is 11.7. The van der Waals surface area contributed by atoms with Crippen LogP contribution < -0.4 is 10.5 Å². The van der Waals surface area contributed by atoms with E-state index in [1.807, 2.05) is 26.0 Å². The van der Waals surface area contributed by atoms with Crippen LogP contribution in [0, 0.1) is 25.5 Å². The van der Waals surface area contributed by atoms with E-state index < -0.39 is 17.7 Å². The molecule has 0 spiro atoms. The maximum Gasteiger partial charge on any atom is 0.131 e. The number of nitrogens with two attached hydrogens (primary N) is 1. The van der Waals surface area contributed by atoms with Crippen molar-refractivity contribution < 1.29 is 13.5 Å². The number of hydrogen-bond acceptors (Lipinski definition) is 2. The maximum atomic E-state index is 13.8. The summed E-state index contributed by atoms with van der Waals surface area (Å²) < 4.78 is 32.0. The van der Waals surface area contributed by atoms with Crippen molar-refractivity contribution in [3.8, 4) is 5.75 Å². The van der Waals surface area contributed by atoms with E-state index in [1.165, 1.54) is 12.1 Å². The molecule has 20 heavy (non-hydrogen) atoms. The molecule has 0 amide bonds. The van der Waals surface area contributed by atoms with E-state index >= 15 is 0 Å². The Kier molecular flexibility index (Phi) is 4.04. The molecule has 0 bridgehead atoms. The molecule has 2 N–H and O–H groups in total. The summed E-state index contributed by atoms with van der Waals surface area (Å²) in [4.78, 5) is 0. The van der Waals surface area contributed by atoms with E-state index in [2.05, 4.69) is 0 Å². The van der Waals surface area contributed by atoms with Gasteiger partial charge in [-0.2, -0.15) is 0 Å². The Morgan fingerprint density at radius 2 is 1.65 bits per heavy atom. The molecule has 2 aromatic rings. The molecule has 0 aliphatic heterocycles. The van der Waals surface area contributed by atoms with Gasteiger partial charge < -0.3 is 10.5 Å². The fraction of sp³-hybridized carbons (Fsp3) is 0.250. The fourth-order valence-corrected chi connectivity index (χ4v) is 2.42. The van der Waals surface area contributed by atoms with Gasteiger partial charge in [0.25, 0.3) is 0 Å². The molecule has 0 aliphatic rings. The highest BCUT2D eigenvalue weighted by molar-refractivity contribution is 5.46. The van der Waals surface area contributed by atoms with Crippen LogP contribution in [-0.4, -0.2) is 7.11 Å². The summed E-state index contributed by atoms with van der Waals surface area (Å²) in [6.07, 6.45) is 0. The van der Waals surface area contributed by atoms with Crippen LogP contribution in [0.25, 0.3) is 0 Å². The minimum Gasteiger partial charge on any atom is -0.496 e. The lowest BCUT2D eigenvalue weighted by Gasteiger charge is -2.17. The lowest BCUT2D eigenvalue weighted by Crippen LogP contribution is -2.14. The van der Waals surface area contributed by atoms with Gasteiger partial charge in [0.1, 0.15) is 17.4 Å². The molecular weight excluding hydrogens is 260 g/mol. The number of hydrogen-bond donors (Lipinski definition) is 1. The van der Waals surface area contributed by atoms with Crippen molar-refractivity contribution in [2.24, 2.45) is 5.73 Å². The van der Waals surface area contributed by atoms with Gasteiger partial charge in [0, 0.05) is 11.6 Å². The second-order valence-corrected chi connectivity index (χ2v) is 4.83. The van der Waals surface area contributed by atoms with Gasteiger partial charge in [-0.15, -0.1) is 0 Å². The van der Waals surface area contributed by atoms with Crippen LogP contribution in [0.2, 0.25) is 0 Å². The van der Waals surface area contributed by atoms with Crippen molar-refractivity contribution in [1.29, 1.82) is 0 Å². The number of aryl methyl sites for hydroxylation is 2. The van der Waals surface area contributed by atoms with Gasteiger partial charge in [0.15, 0.2) is 0 Å². The number of halogens is 2. The van der Waals surface area contributed by atoms with Crippen LogP contribution in [0.1, 0.15) is 28.3 Å².